The number of anilines is 1. The number of aromatic nitrogens is 4. The number of nitrogens with one attached hydrogen (secondary N) is 1. The number of hydrogen-bond donors (Lipinski definition) is 2. The zero-order chi connectivity index (χ0) is 14.7. The van der Waals surface area contributed by atoms with E-state index in [-0.39, 0.29) is 5.91 Å². The number of amides is 1. The van der Waals surface area contributed by atoms with Gasteiger partial charge in [0.05, 0.1) is 17.1 Å². The Morgan fingerprint density at radius 3 is 2.80 bits per heavy atom. The van der Waals surface area contributed by atoms with Gasteiger partial charge in [-0.15, -0.1) is 0 Å². The Hall–Kier alpha value is -2.31. The molecule has 0 aliphatic heterocycles. The van der Waals surface area contributed by atoms with Crippen molar-refractivity contribution in [2.24, 2.45) is 7.05 Å². The molecule has 0 bridgehead atoms. The van der Waals surface area contributed by atoms with Crippen LogP contribution in [0, 0.1) is 6.92 Å². The first-order valence-electron chi connectivity index (χ1n) is 6.62. The van der Waals surface area contributed by atoms with E-state index in [1.54, 1.807) is 16.3 Å². The molecule has 0 saturated carbocycles. The number of aryl methyl sites for hydroxylation is 3. The third-order valence-corrected chi connectivity index (χ3v) is 3.12. The van der Waals surface area contributed by atoms with Crippen LogP contribution in [0.4, 0.5) is 5.69 Å². The zero-order valence-corrected chi connectivity index (χ0v) is 12.1. The maximum Gasteiger partial charge on any atom is 0.271 e. The number of hydrogen-bond acceptors (Lipinski definition) is 4. The molecule has 2 rings (SSSR count). The van der Waals surface area contributed by atoms with Gasteiger partial charge in [0.25, 0.3) is 5.91 Å². The molecule has 0 aliphatic rings. The third-order valence-electron chi connectivity index (χ3n) is 3.12. The number of nitrogens with two attached hydrogens (primary N) is 1. The van der Waals surface area contributed by atoms with Gasteiger partial charge >= 0.3 is 0 Å². The van der Waals surface area contributed by atoms with Crippen LogP contribution in [-0.4, -0.2) is 32.0 Å². The van der Waals surface area contributed by atoms with E-state index in [1.165, 1.54) is 0 Å². The molecule has 7 heteroatoms. The van der Waals surface area contributed by atoms with Crippen molar-refractivity contribution in [2.75, 3.05) is 12.3 Å². The second kappa shape index (κ2) is 5.77. The van der Waals surface area contributed by atoms with Gasteiger partial charge in [0.2, 0.25) is 0 Å². The highest BCUT2D eigenvalue weighted by Gasteiger charge is 2.18. The third kappa shape index (κ3) is 2.81. The molecule has 0 fully saturated rings. The van der Waals surface area contributed by atoms with Gasteiger partial charge < -0.3 is 11.1 Å². The van der Waals surface area contributed by atoms with Crippen LogP contribution in [0.25, 0.3) is 0 Å². The van der Waals surface area contributed by atoms with Crippen molar-refractivity contribution in [3.05, 3.63) is 29.3 Å². The summed E-state index contributed by atoms with van der Waals surface area (Å²) in [4.78, 5) is 12.2. The van der Waals surface area contributed by atoms with E-state index in [4.69, 9.17) is 5.73 Å². The predicted octanol–water partition coefficient (Wildman–Crippen LogP) is 0.500. The largest absolute Gasteiger partial charge is 0.395 e. The highest BCUT2D eigenvalue weighted by atomic mass is 16.2. The van der Waals surface area contributed by atoms with E-state index >= 15 is 0 Å². The van der Waals surface area contributed by atoms with Gasteiger partial charge in [-0.1, -0.05) is 0 Å². The lowest BCUT2D eigenvalue weighted by Crippen LogP contribution is -2.29. The van der Waals surface area contributed by atoms with Crippen molar-refractivity contribution in [3.63, 3.8) is 0 Å². The second-order valence-electron chi connectivity index (χ2n) is 4.65. The Labute approximate surface area is 117 Å². The van der Waals surface area contributed by atoms with Gasteiger partial charge in [-0.05, 0) is 19.9 Å². The maximum atomic E-state index is 12.2. The van der Waals surface area contributed by atoms with E-state index in [0.29, 0.717) is 36.6 Å². The number of nitrogens with zero attached hydrogens (tertiary/aromatic N) is 4. The number of carbonyl (C=O) groups is 1. The van der Waals surface area contributed by atoms with Crippen molar-refractivity contribution < 1.29 is 4.79 Å². The molecule has 7 nitrogen and oxygen atoms in total. The fourth-order valence-electron chi connectivity index (χ4n) is 2.05. The zero-order valence-electron chi connectivity index (χ0n) is 12.1. The first-order chi connectivity index (χ1) is 9.52. The lowest BCUT2D eigenvalue weighted by Gasteiger charge is -2.06. The topological polar surface area (TPSA) is 90.8 Å². The highest BCUT2D eigenvalue weighted by Crippen LogP contribution is 2.16. The van der Waals surface area contributed by atoms with Crippen LogP contribution in [0.1, 0.15) is 28.8 Å². The van der Waals surface area contributed by atoms with Gasteiger partial charge in [0.15, 0.2) is 0 Å². The van der Waals surface area contributed by atoms with Crippen LogP contribution in [0.2, 0.25) is 0 Å². The van der Waals surface area contributed by atoms with Crippen molar-refractivity contribution in [3.8, 4) is 0 Å². The van der Waals surface area contributed by atoms with E-state index in [2.05, 4.69) is 15.5 Å². The summed E-state index contributed by atoms with van der Waals surface area (Å²) < 4.78 is 3.37. The molecule has 108 valence electrons. The number of nitrogen functional groups attached to an aromatic ring is 1. The Morgan fingerprint density at radius 1 is 1.45 bits per heavy atom. The molecule has 0 aliphatic carbocycles. The molecular formula is C13H20N6O. The Bertz CT molecular complexity index is 612. The minimum absolute atomic E-state index is 0.194. The summed E-state index contributed by atoms with van der Waals surface area (Å²) >= 11 is 0. The lowest BCUT2D eigenvalue weighted by molar-refractivity contribution is 0.0944. The van der Waals surface area contributed by atoms with Crippen LogP contribution < -0.4 is 11.1 Å². The molecule has 0 unspecified atom stereocenters. The number of rotatable bonds is 5. The van der Waals surface area contributed by atoms with Gasteiger partial charge in [0.1, 0.15) is 5.69 Å². The molecule has 2 aromatic rings. The molecule has 2 heterocycles. The molecule has 3 N–H and O–H groups in total. The standard InChI is InChI=1S/C13H20N6O/c1-4-19-12(11(14)9(2)16-19)13(20)15-7-5-10-6-8-18(3)17-10/h6,8H,4-5,7,14H2,1-3H3,(H,15,20). The van der Waals surface area contributed by atoms with Crippen LogP contribution >= 0.6 is 0 Å². The van der Waals surface area contributed by atoms with Gasteiger partial charge in [-0.3, -0.25) is 14.2 Å². The van der Waals surface area contributed by atoms with Crippen molar-refractivity contribution in [1.82, 2.24) is 24.9 Å². The Morgan fingerprint density at radius 2 is 2.20 bits per heavy atom. The minimum atomic E-state index is -0.194. The molecule has 20 heavy (non-hydrogen) atoms. The van der Waals surface area contributed by atoms with Crippen LogP contribution in [0.5, 0.6) is 0 Å². The average molecular weight is 276 g/mol. The van der Waals surface area contributed by atoms with Crippen molar-refractivity contribution in [1.29, 1.82) is 0 Å². The summed E-state index contributed by atoms with van der Waals surface area (Å²) in [6.07, 6.45) is 2.57. The van der Waals surface area contributed by atoms with Crippen molar-refractivity contribution >= 4 is 11.6 Å². The summed E-state index contributed by atoms with van der Waals surface area (Å²) in [6, 6.07) is 1.93. The molecule has 0 aromatic carbocycles. The lowest BCUT2D eigenvalue weighted by atomic mass is 10.2. The normalized spacial score (nSPS) is 10.8. The monoisotopic (exact) mass is 276 g/mol. The number of carbonyl (C=O) groups excluding carboxylic acids is 1. The van der Waals surface area contributed by atoms with E-state index in [1.807, 2.05) is 26.2 Å². The molecule has 1 amide bonds. The predicted molar refractivity (Wildman–Crippen MR) is 76.3 cm³/mol. The fourth-order valence-corrected chi connectivity index (χ4v) is 2.05. The summed E-state index contributed by atoms with van der Waals surface area (Å²) in [5, 5.41) is 11.3. The molecule has 0 spiro atoms. The molecule has 0 saturated heterocycles. The highest BCUT2D eigenvalue weighted by molar-refractivity contribution is 5.97. The first kappa shape index (κ1) is 14.1. The van der Waals surface area contributed by atoms with E-state index in [9.17, 15) is 4.79 Å². The van der Waals surface area contributed by atoms with Gasteiger partial charge in [0, 0.05) is 32.8 Å². The minimum Gasteiger partial charge on any atom is -0.395 e. The maximum absolute atomic E-state index is 12.2. The second-order valence-corrected chi connectivity index (χ2v) is 4.65. The molecular weight excluding hydrogens is 256 g/mol. The summed E-state index contributed by atoms with van der Waals surface area (Å²) in [6.45, 7) is 4.85. The van der Waals surface area contributed by atoms with Gasteiger partial charge in [-0.2, -0.15) is 10.2 Å². The average Bonchev–Trinajstić information content (AvgIpc) is 2.94. The van der Waals surface area contributed by atoms with Crippen LogP contribution in [-0.2, 0) is 20.0 Å². The summed E-state index contributed by atoms with van der Waals surface area (Å²) in [7, 11) is 1.87. The smallest absolute Gasteiger partial charge is 0.271 e. The van der Waals surface area contributed by atoms with E-state index in [0.717, 1.165) is 5.69 Å². The quantitative estimate of drug-likeness (QED) is 0.832. The Balaban J connectivity index is 1.98. The van der Waals surface area contributed by atoms with Crippen LogP contribution in [0.15, 0.2) is 12.3 Å². The molecule has 2 aromatic heterocycles. The van der Waals surface area contributed by atoms with Crippen molar-refractivity contribution in [2.45, 2.75) is 26.8 Å². The Kier molecular flexibility index (Phi) is 4.07. The first-order valence-corrected chi connectivity index (χ1v) is 6.62. The summed E-state index contributed by atoms with van der Waals surface area (Å²) in [5.41, 5.74) is 8.42. The molecule has 0 radical (unpaired) electrons. The SMILES string of the molecule is CCn1nc(C)c(N)c1C(=O)NCCc1ccn(C)n1. The molecule has 0 atom stereocenters. The fraction of sp³-hybridized carbons (Fsp3) is 0.462. The summed E-state index contributed by atoms with van der Waals surface area (Å²) in [5.74, 6) is -0.194. The van der Waals surface area contributed by atoms with Crippen LogP contribution in [0.3, 0.4) is 0 Å². The van der Waals surface area contributed by atoms with Gasteiger partial charge in [-0.25, -0.2) is 0 Å². The van der Waals surface area contributed by atoms with E-state index < -0.39 is 0 Å².